The predicted molar refractivity (Wildman–Crippen MR) is 77.8 cm³/mol. The second kappa shape index (κ2) is 7.85. The lowest BCUT2D eigenvalue weighted by Crippen LogP contribution is -2.44. The summed E-state index contributed by atoms with van der Waals surface area (Å²) in [5.41, 5.74) is -0.957. The van der Waals surface area contributed by atoms with E-state index in [1.807, 2.05) is 0 Å². The van der Waals surface area contributed by atoms with Crippen LogP contribution in [-0.4, -0.2) is 42.1 Å². The first kappa shape index (κ1) is 17.3. The van der Waals surface area contributed by atoms with Crippen LogP contribution >= 0.6 is 0 Å². The van der Waals surface area contributed by atoms with E-state index in [4.69, 9.17) is 5.11 Å². The molecular formula is C14H25N3O4. The van der Waals surface area contributed by atoms with Gasteiger partial charge in [0.2, 0.25) is 5.91 Å². The summed E-state index contributed by atoms with van der Waals surface area (Å²) in [7, 11) is 0. The third-order valence-corrected chi connectivity index (χ3v) is 3.74. The molecule has 1 aliphatic rings. The van der Waals surface area contributed by atoms with Crippen LogP contribution in [0.25, 0.3) is 0 Å². The summed E-state index contributed by atoms with van der Waals surface area (Å²) in [5.74, 6) is -0.911. The van der Waals surface area contributed by atoms with Crippen molar-refractivity contribution >= 4 is 17.9 Å². The fraction of sp³-hybridized carbons (Fsp3) is 0.786. The van der Waals surface area contributed by atoms with Gasteiger partial charge in [0.15, 0.2) is 0 Å². The largest absolute Gasteiger partial charge is 0.481 e. The lowest BCUT2D eigenvalue weighted by Gasteiger charge is -2.23. The van der Waals surface area contributed by atoms with E-state index in [0.717, 1.165) is 12.8 Å². The van der Waals surface area contributed by atoms with Crippen molar-refractivity contribution in [2.24, 2.45) is 5.41 Å². The van der Waals surface area contributed by atoms with Gasteiger partial charge in [0, 0.05) is 25.6 Å². The van der Waals surface area contributed by atoms with Crippen molar-refractivity contribution in [1.82, 2.24) is 16.0 Å². The van der Waals surface area contributed by atoms with Crippen LogP contribution in [0.5, 0.6) is 0 Å². The number of hydrogen-bond donors (Lipinski definition) is 4. The van der Waals surface area contributed by atoms with E-state index in [2.05, 4.69) is 16.0 Å². The van der Waals surface area contributed by atoms with E-state index >= 15 is 0 Å². The van der Waals surface area contributed by atoms with Gasteiger partial charge in [-0.15, -0.1) is 0 Å². The van der Waals surface area contributed by atoms with Crippen molar-refractivity contribution in [3.05, 3.63) is 0 Å². The highest BCUT2D eigenvalue weighted by Crippen LogP contribution is 2.20. The fourth-order valence-electron chi connectivity index (χ4n) is 1.67. The molecule has 0 saturated heterocycles. The van der Waals surface area contributed by atoms with Gasteiger partial charge in [0.25, 0.3) is 0 Å². The zero-order chi connectivity index (χ0) is 15.9. The lowest BCUT2D eigenvalue weighted by atomic mass is 9.88. The molecule has 1 saturated carbocycles. The number of carboxylic acid groups (broad SMARTS) is 1. The molecule has 0 heterocycles. The number of urea groups is 1. The molecule has 120 valence electrons. The van der Waals surface area contributed by atoms with E-state index in [9.17, 15) is 14.4 Å². The molecule has 1 rings (SSSR count). The van der Waals surface area contributed by atoms with Gasteiger partial charge in [-0.05, 0) is 32.6 Å². The van der Waals surface area contributed by atoms with E-state index in [-0.39, 0.29) is 12.5 Å². The fourth-order valence-corrected chi connectivity index (χ4v) is 1.67. The molecule has 1 atom stereocenters. The minimum absolute atomic E-state index is 0.0177. The molecule has 0 aliphatic heterocycles. The highest BCUT2D eigenvalue weighted by molar-refractivity contribution is 5.78. The average molecular weight is 299 g/mol. The van der Waals surface area contributed by atoms with Gasteiger partial charge in [-0.2, -0.15) is 0 Å². The van der Waals surface area contributed by atoms with E-state index < -0.39 is 17.4 Å². The van der Waals surface area contributed by atoms with Gasteiger partial charge >= 0.3 is 12.0 Å². The number of amides is 3. The van der Waals surface area contributed by atoms with Crippen LogP contribution in [0.3, 0.4) is 0 Å². The van der Waals surface area contributed by atoms with Crippen LogP contribution in [0, 0.1) is 5.41 Å². The molecule has 21 heavy (non-hydrogen) atoms. The Bertz CT molecular complexity index is 396. The summed E-state index contributed by atoms with van der Waals surface area (Å²) >= 11 is 0. The summed E-state index contributed by atoms with van der Waals surface area (Å²) in [6.07, 6.45) is 3.51. The van der Waals surface area contributed by atoms with Gasteiger partial charge in [0.05, 0.1) is 5.41 Å². The van der Waals surface area contributed by atoms with Crippen molar-refractivity contribution in [2.75, 3.05) is 13.1 Å². The Morgan fingerprint density at radius 3 is 2.43 bits per heavy atom. The number of nitrogens with one attached hydrogen (secondary N) is 3. The van der Waals surface area contributed by atoms with Crippen molar-refractivity contribution in [1.29, 1.82) is 0 Å². The van der Waals surface area contributed by atoms with Gasteiger partial charge in [-0.1, -0.05) is 6.92 Å². The number of rotatable bonds is 9. The van der Waals surface area contributed by atoms with Gasteiger partial charge < -0.3 is 21.1 Å². The molecule has 1 fully saturated rings. The Morgan fingerprint density at radius 2 is 1.90 bits per heavy atom. The third-order valence-electron chi connectivity index (χ3n) is 3.74. The first-order chi connectivity index (χ1) is 9.87. The van der Waals surface area contributed by atoms with Crippen molar-refractivity contribution in [2.45, 2.75) is 52.0 Å². The first-order valence-corrected chi connectivity index (χ1v) is 7.42. The average Bonchev–Trinajstić information content (AvgIpc) is 3.24. The SMILES string of the molecule is CCC(C)(CNC(=O)NCCCC(=O)NC1CC1)C(=O)O. The normalized spacial score (nSPS) is 16.7. The molecule has 0 aromatic rings. The maximum atomic E-state index is 11.5. The minimum Gasteiger partial charge on any atom is -0.481 e. The van der Waals surface area contributed by atoms with Crippen molar-refractivity contribution in [3.8, 4) is 0 Å². The summed E-state index contributed by atoms with van der Waals surface area (Å²) in [6.45, 7) is 3.83. The summed E-state index contributed by atoms with van der Waals surface area (Å²) < 4.78 is 0. The Kier molecular flexibility index (Phi) is 6.45. The third kappa shape index (κ3) is 6.46. The number of carbonyl (C=O) groups is 3. The number of hydrogen-bond acceptors (Lipinski definition) is 3. The van der Waals surface area contributed by atoms with Crippen LogP contribution in [0.1, 0.15) is 46.0 Å². The Labute approximate surface area is 124 Å². The summed E-state index contributed by atoms with van der Waals surface area (Å²) in [5, 5.41) is 17.1. The number of carbonyl (C=O) groups excluding carboxylic acids is 2. The van der Waals surface area contributed by atoms with Crippen LogP contribution in [0.15, 0.2) is 0 Å². The first-order valence-electron chi connectivity index (χ1n) is 7.42. The summed E-state index contributed by atoms with van der Waals surface area (Å²) in [4.78, 5) is 34.0. The molecule has 3 amide bonds. The number of aliphatic carboxylic acids is 1. The standard InChI is InChI=1S/C14H25N3O4/c1-3-14(2,12(19)20)9-16-13(21)15-8-4-5-11(18)17-10-6-7-10/h10H,3-9H2,1-2H3,(H,17,18)(H,19,20)(H2,15,16,21). The molecule has 0 aromatic heterocycles. The molecule has 0 aromatic carbocycles. The van der Waals surface area contributed by atoms with Crippen LogP contribution in [0.4, 0.5) is 4.79 Å². The smallest absolute Gasteiger partial charge is 0.314 e. The summed E-state index contributed by atoms with van der Waals surface area (Å²) in [6, 6.07) is -0.0463. The minimum atomic E-state index is -0.957. The highest BCUT2D eigenvalue weighted by atomic mass is 16.4. The molecule has 7 nitrogen and oxygen atoms in total. The molecular weight excluding hydrogens is 274 g/mol. The monoisotopic (exact) mass is 299 g/mol. The van der Waals surface area contributed by atoms with E-state index in [1.54, 1.807) is 13.8 Å². The molecule has 7 heteroatoms. The van der Waals surface area contributed by atoms with Crippen LogP contribution in [0.2, 0.25) is 0 Å². The van der Waals surface area contributed by atoms with Crippen LogP contribution < -0.4 is 16.0 Å². The quantitative estimate of drug-likeness (QED) is 0.473. The zero-order valence-corrected chi connectivity index (χ0v) is 12.7. The van der Waals surface area contributed by atoms with Gasteiger partial charge in [-0.3, -0.25) is 9.59 Å². The van der Waals surface area contributed by atoms with E-state index in [0.29, 0.717) is 31.8 Å². The maximum absolute atomic E-state index is 11.5. The van der Waals surface area contributed by atoms with Crippen LogP contribution in [-0.2, 0) is 9.59 Å². The van der Waals surface area contributed by atoms with Crippen molar-refractivity contribution < 1.29 is 19.5 Å². The topological polar surface area (TPSA) is 108 Å². The molecule has 0 radical (unpaired) electrons. The second-order valence-corrected chi connectivity index (χ2v) is 5.77. The molecule has 1 aliphatic carbocycles. The Balaban J connectivity index is 2.10. The molecule has 4 N–H and O–H groups in total. The van der Waals surface area contributed by atoms with Crippen molar-refractivity contribution in [3.63, 3.8) is 0 Å². The Hall–Kier alpha value is -1.79. The Morgan fingerprint density at radius 1 is 1.24 bits per heavy atom. The maximum Gasteiger partial charge on any atom is 0.314 e. The molecule has 0 spiro atoms. The molecule has 0 bridgehead atoms. The van der Waals surface area contributed by atoms with Gasteiger partial charge in [0.1, 0.15) is 0 Å². The van der Waals surface area contributed by atoms with E-state index in [1.165, 1.54) is 0 Å². The van der Waals surface area contributed by atoms with Gasteiger partial charge in [-0.25, -0.2) is 4.79 Å². The number of carboxylic acids is 1. The highest BCUT2D eigenvalue weighted by Gasteiger charge is 2.31. The zero-order valence-electron chi connectivity index (χ0n) is 12.7. The second-order valence-electron chi connectivity index (χ2n) is 5.77. The molecule has 1 unspecified atom stereocenters. The predicted octanol–water partition coefficient (Wildman–Crippen LogP) is 0.845. The lowest BCUT2D eigenvalue weighted by molar-refractivity contribution is -0.147.